The van der Waals surface area contributed by atoms with Gasteiger partial charge in [0.2, 0.25) is 0 Å². The molecule has 0 bridgehead atoms. The Hall–Kier alpha value is -1.84. The van der Waals surface area contributed by atoms with E-state index in [-0.39, 0.29) is 23.2 Å². The minimum absolute atomic E-state index is 0.137. The molecule has 1 fully saturated rings. The molecule has 1 aromatic carbocycles. The third-order valence-corrected chi connectivity index (χ3v) is 6.04. The first-order chi connectivity index (χ1) is 14.4. The lowest BCUT2D eigenvalue weighted by atomic mass is 9.78. The normalized spacial score (nSPS) is 16.4. The predicted octanol–water partition coefficient (Wildman–Crippen LogP) is 6.65. The number of ether oxygens (including phenoxy) is 1. The first-order valence-corrected chi connectivity index (χ1v) is 11.9. The Morgan fingerprint density at radius 2 is 1.58 bits per heavy atom. The van der Waals surface area contributed by atoms with Gasteiger partial charge in [0.25, 0.3) is 0 Å². The summed E-state index contributed by atoms with van der Waals surface area (Å²) in [6, 6.07) is 4.60. The standard InChI is InChI=1S/C27H43NO3/c1-19(28-21-13-9-8-10-14-21)16-24(29)31-15-11-12-20-17-22(26(2,3)4)25(30)23(18-20)27(5,6)7/h17-18,21,30H,8-16H2,1-7H3. The third kappa shape index (κ3) is 7.97. The van der Waals surface area contributed by atoms with Gasteiger partial charge in [0, 0.05) is 11.8 Å². The van der Waals surface area contributed by atoms with Gasteiger partial charge in [-0.25, -0.2) is 0 Å². The lowest BCUT2D eigenvalue weighted by molar-refractivity contribution is -0.142. The molecule has 31 heavy (non-hydrogen) atoms. The molecular weight excluding hydrogens is 386 g/mol. The van der Waals surface area contributed by atoms with Crippen molar-refractivity contribution in [3.05, 3.63) is 28.8 Å². The maximum Gasteiger partial charge on any atom is 0.311 e. The van der Waals surface area contributed by atoms with Crippen molar-refractivity contribution in [1.29, 1.82) is 0 Å². The maximum absolute atomic E-state index is 12.2. The van der Waals surface area contributed by atoms with Gasteiger partial charge in [-0.05, 0) is 60.1 Å². The summed E-state index contributed by atoms with van der Waals surface area (Å²) in [4.78, 5) is 16.9. The van der Waals surface area contributed by atoms with Crippen LogP contribution in [0.4, 0.5) is 0 Å². The smallest absolute Gasteiger partial charge is 0.311 e. The number of aliphatic imine (C=N–C) groups is 1. The number of esters is 1. The van der Waals surface area contributed by atoms with Gasteiger partial charge in [-0.15, -0.1) is 0 Å². The molecule has 1 N–H and O–H groups in total. The molecule has 0 aromatic heterocycles. The zero-order chi connectivity index (χ0) is 23.2. The molecule has 0 atom stereocenters. The van der Waals surface area contributed by atoms with E-state index in [4.69, 9.17) is 9.73 Å². The van der Waals surface area contributed by atoms with Gasteiger partial charge in [0.05, 0.1) is 13.0 Å². The zero-order valence-electron chi connectivity index (χ0n) is 20.8. The van der Waals surface area contributed by atoms with Crippen molar-refractivity contribution in [2.45, 2.75) is 117 Å². The average Bonchev–Trinajstić information content (AvgIpc) is 2.65. The number of rotatable bonds is 7. The summed E-state index contributed by atoms with van der Waals surface area (Å²) in [5, 5.41) is 10.8. The lowest BCUT2D eigenvalue weighted by Crippen LogP contribution is -2.18. The van der Waals surface area contributed by atoms with Crippen molar-refractivity contribution in [1.82, 2.24) is 0 Å². The number of nitrogens with zero attached hydrogens (tertiary/aromatic N) is 1. The molecule has 0 spiro atoms. The fraction of sp³-hybridized carbons (Fsp3) is 0.704. The van der Waals surface area contributed by atoms with E-state index in [2.05, 4.69) is 53.7 Å². The van der Waals surface area contributed by atoms with Gasteiger partial charge in [-0.2, -0.15) is 0 Å². The monoisotopic (exact) mass is 429 g/mol. The summed E-state index contributed by atoms with van der Waals surface area (Å²) in [6.45, 7) is 15.1. The predicted molar refractivity (Wildman–Crippen MR) is 129 cm³/mol. The first kappa shape index (κ1) is 25.4. The van der Waals surface area contributed by atoms with Crippen molar-refractivity contribution in [3.8, 4) is 5.75 Å². The molecule has 2 rings (SSSR count). The summed E-state index contributed by atoms with van der Waals surface area (Å²) in [5.41, 5.74) is 3.74. The number of hydrogen-bond acceptors (Lipinski definition) is 4. The minimum Gasteiger partial charge on any atom is -0.507 e. The number of phenols is 1. The minimum atomic E-state index is -0.187. The number of carbonyl (C=O) groups excluding carboxylic acids is 1. The van der Waals surface area contributed by atoms with E-state index in [9.17, 15) is 9.90 Å². The van der Waals surface area contributed by atoms with Crippen LogP contribution in [0, 0.1) is 0 Å². The highest BCUT2D eigenvalue weighted by Crippen LogP contribution is 2.40. The van der Waals surface area contributed by atoms with Crippen molar-refractivity contribution in [2.24, 2.45) is 4.99 Å². The summed E-state index contributed by atoms with van der Waals surface area (Å²) < 4.78 is 5.47. The molecule has 0 unspecified atom stereocenters. The van der Waals surface area contributed by atoms with Crippen LogP contribution < -0.4 is 0 Å². The van der Waals surface area contributed by atoms with Crippen LogP contribution in [0.3, 0.4) is 0 Å². The lowest BCUT2D eigenvalue weighted by Gasteiger charge is -2.28. The number of aryl methyl sites for hydroxylation is 1. The van der Waals surface area contributed by atoms with E-state index in [1.54, 1.807) is 0 Å². The Labute approximate surface area is 189 Å². The molecule has 1 saturated carbocycles. The van der Waals surface area contributed by atoms with Gasteiger partial charge < -0.3 is 9.84 Å². The van der Waals surface area contributed by atoms with E-state index < -0.39 is 0 Å². The molecule has 4 nitrogen and oxygen atoms in total. The molecule has 1 aliphatic rings. The van der Waals surface area contributed by atoms with Gasteiger partial charge in [0.1, 0.15) is 5.75 Å². The zero-order valence-corrected chi connectivity index (χ0v) is 20.8. The van der Waals surface area contributed by atoms with Crippen LogP contribution >= 0.6 is 0 Å². The van der Waals surface area contributed by atoms with Gasteiger partial charge in [-0.1, -0.05) is 72.9 Å². The van der Waals surface area contributed by atoms with E-state index in [1.807, 2.05) is 6.92 Å². The Balaban J connectivity index is 1.91. The quantitative estimate of drug-likeness (QED) is 0.300. The molecule has 1 aliphatic carbocycles. The number of benzene rings is 1. The molecule has 0 saturated heterocycles. The molecule has 0 radical (unpaired) electrons. The van der Waals surface area contributed by atoms with Crippen molar-refractivity contribution < 1.29 is 14.6 Å². The SMILES string of the molecule is CC(CC(=O)OCCCc1cc(C(C)(C)C)c(O)c(C(C)(C)C)c1)=NC1CCCCC1. The average molecular weight is 430 g/mol. The number of aromatic hydroxyl groups is 1. The Morgan fingerprint density at radius 3 is 2.10 bits per heavy atom. The first-order valence-electron chi connectivity index (χ1n) is 11.9. The van der Waals surface area contributed by atoms with Gasteiger partial charge in [0.15, 0.2) is 0 Å². The van der Waals surface area contributed by atoms with E-state index >= 15 is 0 Å². The molecular formula is C27H43NO3. The van der Waals surface area contributed by atoms with Gasteiger partial charge in [-0.3, -0.25) is 9.79 Å². The number of carbonyl (C=O) groups is 1. The molecule has 0 amide bonds. The summed E-state index contributed by atoms with van der Waals surface area (Å²) in [6.07, 6.45) is 7.96. The second kappa shape index (κ2) is 10.7. The number of hydrogen-bond donors (Lipinski definition) is 1. The maximum atomic E-state index is 12.2. The van der Waals surface area contributed by atoms with E-state index in [0.29, 0.717) is 18.4 Å². The molecule has 174 valence electrons. The van der Waals surface area contributed by atoms with Crippen LogP contribution in [0.1, 0.15) is 110 Å². The fourth-order valence-electron chi connectivity index (χ4n) is 4.27. The van der Waals surface area contributed by atoms with Crippen LogP contribution in [0.25, 0.3) is 0 Å². The van der Waals surface area contributed by atoms with Crippen LogP contribution in [-0.4, -0.2) is 29.4 Å². The van der Waals surface area contributed by atoms with Crippen molar-refractivity contribution >= 4 is 11.7 Å². The van der Waals surface area contributed by atoms with Crippen LogP contribution in [0.15, 0.2) is 17.1 Å². The van der Waals surface area contributed by atoms with Crippen LogP contribution in [-0.2, 0) is 26.8 Å². The van der Waals surface area contributed by atoms with Crippen molar-refractivity contribution in [2.75, 3.05) is 6.61 Å². The Kier molecular flexibility index (Phi) is 8.73. The molecule has 4 heteroatoms. The fourth-order valence-corrected chi connectivity index (χ4v) is 4.27. The van der Waals surface area contributed by atoms with Crippen LogP contribution in [0.2, 0.25) is 0 Å². The topological polar surface area (TPSA) is 58.9 Å². The molecule has 0 aliphatic heterocycles. The number of phenolic OH excluding ortho intramolecular Hbond substituents is 1. The summed E-state index contributed by atoms with van der Waals surface area (Å²) in [5.74, 6) is 0.219. The highest BCUT2D eigenvalue weighted by Gasteiger charge is 2.26. The Bertz CT molecular complexity index is 740. The third-order valence-electron chi connectivity index (χ3n) is 6.04. The highest BCUT2D eigenvalue weighted by molar-refractivity contribution is 5.97. The summed E-state index contributed by atoms with van der Waals surface area (Å²) in [7, 11) is 0. The van der Waals surface area contributed by atoms with Gasteiger partial charge >= 0.3 is 5.97 Å². The van der Waals surface area contributed by atoms with E-state index in [1.165, 1.54) is 24.8 Å². The molecule has 0 heterocycles. The highest BCUT2D eigenvalue weighted by atomic mass is 16.5. The van der Waals surface area contributed by atoms with Crippen LogP contribution in [0.5, 0.6) is 5.75 Å². The van der Waals surface area contributed by atoms with Crippen molar-refractivity contribution in [3.63, 3.8) is 0 Å². The summed E-state index contributed by atoms with van der Waals surface area (Å²) >= 11 is 0. The molecule has 1 aromatic rings. The van der Waals surface area contributed by atoms with E-state index in [0.717, 1.165) is 42.5 Å². The largest absolute Gasteiger partial charge is 0.507 e. The second-order valence-electron chi connectivity index (χ2n) is 11.2. The second-order valence-corrected chi connectivity index (χ2v) is 11.2. The Morgan fingerprint density at radius 1 is 1.03 bits per heavy atom.